The Morgan fingerprint density at radius 2 is 1.89 bits per heavy atom. The van der Waals surface area contributed by atoms with Gasteiger partial charge in [-0.2, -0.15) is 5.10 Å². The number of amides is 3. The van der Waals surface area contributed by atoms with E-state index < -0.39 is 6.04 Å². The van der Waals surface area contributed by atoms with E-state index in [0.29, 0.717) is 47.9 Å². The first-order valence-corrected chi connectivity index (χ1v) is 15.0. The minimum Gasteiger partial charge on any atom is -0.494 e. The summed E-state index contributed by atoms with van der Waals surface area (Å²) in [6, 6.07) is 19.4. The van der Waals surface area contributed by atoms with Crippen molar-refractivity contribution in [2.75, 3.05) is 33.3 Å². The van der Waals surface area contributed by atoms with Gasteiger partial charge in [0.25, 0.3) is 11.8 Å². The highest BCUT2D eigenvalue weighted by molar-refractivity contribution is 5.97. The van der Waals surface area contributed by atoms with Gasteiger partial charge in [-0.15, -0.1) is 0 Å². The summed E-state index contributed by atoms with van der Waals surface area (Å²) >= 11 is 0. The number of benzene rings is 3. The van der Waals surface area contributed by atoms with Gasteiger partial charge in [0.05, 0.1) is 38.1 Å². The predicted molar refractivity (Wildman–Crippen MR) is 166 cm³/mol. The molecule has 0 spiro atoms. The second-order valence-corrected chi connectivity index (χ2v) is 11.2. The molecule has 6 rings (SSSR count). The average molecular weight is 610 g/mol. The summed E-state index contributed by atoms with van der Waals surface area (Å²) in [5.74, 6) is 0.672. The van der Waals surface area contributed by atoms with Crippen LogP contribution in [0.15, 0.2) is 79.1 Å². The molecule has 1 fully saturated rings. The van der Waals surface area contributed by atoms with E-state index in [2.05, 4.69) is 15.5 Å². The van der Waals surface area contributed by atoms with Crippen LogP contribution in [0.3, 0.4) is 0 Å². The molecule has 2 N–H and O–H groups in total. The molecular formula is C34H35N5O6. The summed E-state index contributed by atoms with van der Waals surface area (Å²) in [5.41, 5.74) is 3.53. The Balaban J connectivity index is 1.25. The van der Waals surface area contributed by atoms with E-state index in [9.17, 15) is 14.4 Å². The number of hydrogen-bond donors (Lipinski definition) is 2. The Kier molecular flexibility index (Phi) is 8.79. The van der Waals surface area contributed by atoms with Crippen LogP contribution >= 0.6 is 0 Å². The molecule has 0 radical (unpaired) electrons. The molecule has 45 heavy (non-hydrogen) atoms. The van der Waals surface area contributed by atoms with Crippen LogP contribution in [-0.2, 0) is 16.1 Å². The van der Waals surface area contributed by atoms with Crippen LogP contribution < -0.4 is 14.8 Å². The average Bonchev–Trinajstić information content (AvgIpc) is 3.59. The zero-order valence-corrected chi connectivity index (χ0v) is 25.2. The molecule has 3 aromatic carbocycles. The fourth-order valence-corrected chi connectivity index (χ4v) is 5.68. The summed E-state index contributed by atoms with van der Waals surface area (Å²) in [4.78, 5) is 43.5. The number of H-pyrrole nitrogens is 1. The molecular weight excluding hydrogens is 574 g/mol. The number of carbonyl (C=O) groups is 3. The number of nitrogens with one attached hydrogen (secondary N) is 2. The number of aromatic nitrogens is 2. The zero-order chi connectivity index (χ0) is 31.3. The quantitative estimate of drug-likeness (QED) is 0.354. The Bertz CT molecular complexity index is 1690. The number of carbonyl (C=O) groups excluding carboxylic acids is 3. The smallest absolute Gasteiger partial charge is 0.254 e. The van der Waals surface area contributed by atoms with Crippen molar-refractivity contribution < 1.29 is 28.6 Å². The zero-order valence-electron chi connectivity index (χ0n) is 25.2. The lowest BCUT2D eigenvalue weighted by atomic mass is 9.99. The molecule has 0 unspecified atom stereocenters. The first-order chi connectivity index (χ1) is 21.9. The minimum atomic E-state index is -0.490. The molecule has 4 aromatic rings. The highest BCUT2D eigenvalue weighted by Gasteiger charge is 2.34. The third kappa shape index (κ3) is 6.99. The Labute approximate surface area is 261 Å². The van der Waals surface area contributed by atoms with Gasteiger partial charge in [0.1, 0.15) is 17.2 Å². The topological polar surface area (TPSA) is 126 Å². The van der Waals surface area contributed by atoms with E-state index in [1.54, 1.807) is 48.6 Å². The molecule has 3 heterocycles. The third-order valence-electron chi connectivity index (χ3n) is 7.89. The first kappa shape index (κ1) is 29.9. The maximum Gasteiger partial charge on any atom is 0.254 e. The fourth-order valence-electron chi connectivity index (χ4n) is 5.68. The normalized spacial score (nSPS) is 18.9. The molecule has 232 valence electrons. The van der Waals surface area contributed by atoms with Gasteiger partial charge >= 0.3 is 0 Å². The molecule has 1 saturated heterocycles. The van der Waals surface area contributed by atoms with Gasteiger partial charge in [-0.05, 0) is 60.9 Å². The van der Waals surface area contributed by atoms with E-state index in [4.69, 9.17) is 14.2 Å². The van der Waals surface area contributed by atoms with Gasteiger partial charge in [0.2, 0.25) is 5.91 Å². The van der Waals surface area contributed by atoms with Crippen molar-refractivity contribution in [3.63, 3.8) is 0 Å². The molecule has 2 aliphatic heterocycles. The van der Waals surface area contributed by atoms with Gasteiger partial charge in [-0.3, -0.25) is 19.5 Å². The van der Waals surface area contributed by atoms with Crippen LogP contribution in [0.2, 0.25) is 0 Å². The maximum absolute atomic E-state index is 13.7. The van der Waals surface area contributed by atoms with E-state index >= 15 is 0 Å². The third-order valence-corrected chi connectivity index (χ3v) is 7.89. The number of likely N-dealkylation sites (N-methyl/N-ethyl adjacent to an activating group) is 1. The van der Waals surface area contributed by atoms with Crippen LogP contribution in [0.1, 0.15) is 39.6 Å². The number of aromatic amines is 1. The molecule has 11 nitrogen and oxygen atoms in total. The van der Waals surface area contributed by atoms with E-state index in [0.717, 1.165) is 16.7 Å². The predicted octanol–water partition coefficient (Wildman–Crippen LogP) is 4.27. The standard InChI is InChI=1S/C34H35N5O6/c1-3-43-28-14-25-15-29(16-28)45-27-9-4-6-22(12-27)21-44-31-10-11-39(19-30(31)37-32(40)20-38(2)33(25)41)34(42)24-8-5-7-23(13-24)26-17-35-36-18-26/h4-9,12-18,30-31H,3,10-11,19-21H2,1-2H3,(H,35,36)(H,37,40)/t30-,31+/m0/s1. The second kappa shape index (κ2) is 13.2. The number of ether oxygens (including phenoxy) is 3. The molecule has 0 aliphatic carbocycles. The van der Waals surface area contributed by atoms with Crippen LogP contribution in [-0.4, -0.2) is 83.2 Å². The highest BCUT2D eigenvalue weighted by atomic mass is 16.5. The molecule has 2 aliphatic rings. The number of rotatable bonds is 4. The van der Waals surface area contributed by atoms with Crippen LogP contribution in [0, 0.1) is 0 Å². The van der Waals surface area contributed by atoms with E-state index in [1.165, 1.54) is 4.90 Å². The Morgan fingerprint density at radius 3 is 2.71 bits per heavy atom. The van der Waals surface area contributed by atoms with Crippen molar-refractivity contribution in [2.45, 2.75) is 32.1 Å². The monoisotopic (exact) mass is 609 g/mol. The first-order valence-electron chi connectivity index (χ1n) is 15.0. The molecule has 0 saturated carbocycles. The van der Waals surface area contributed by atoms with E-state index in [1.807, 2.05) is 49.4 Å². The number of hydrogen-bond acceptors (Lipinski definition) is 7. The lowest BCUT2D eigenvalue weighted by molar-refractivity contribution is -0.124. The van der Waals surface area contributed by atoms with Gasteiger partial charge in [0.15, 0.2) is 0 Å². The number of fused-ring (bicyclic) bond motifs is 5. The summed E-state index contributed by atoms with van der Waals surface area (Å²) in [6.07, 6.45) is 3.65. The van der Waals surface area contributed by atoms with Crippen LogP contribution in [0.25, 0.3) is 11.1 Å². The summed E-state index contributed by atoms with van der Waals surface area (Å²) in [7, 11) is 1.57. The Hall–Kier alpha value is -5.16. The van der Waals surface area contributed by atoms with Crippen LogP contribution in [0.4, 0.5) is 0 Å². The fraction of sp³-hybridized carbons (Fsp3) is 0.294. The highest BCUT2D eigenvalue weighted by Crippen LogP contribution is 2.30. The molecule has 3 amide bonds. The number of likely N-dealkylation sites (tertiary alicyclic amines) is 1. The van der Waals surface area contributed by atoms with Crippen LogP contribution in [0.5, 0.6) is 17.2 Å². The van der Waals surface area contributed by atoms with Gasteiger partial charge < -0.3 is 29.3 Å². The minimum absolute atomic E-state index is 0.137. The van der Waals surface area contributed by atoms with Crippen molar-refractivity contribution in [1.82, 2.24) is 25.3 Å². The summed E-state index contributed by atoms with van der Waals surface area (Å²) in [6.45, 7) is 3.10. The number of piperidine rings is 1. The molecule has 11 heteroatoms. The lowest BCUT2D eigenvalue weighted by Crippen LogP contribution is -2.58. The van der Waals surface area contributed by atoms with Crippen molar-refractivity contribution in [1.29, 1.82) is 0 Å². The Morgan fingerprint density at radius 1 is 1.02 bits per heavy atom. The van der Waals surface area contributed by atoms with Crippen molar-refractivity contribution >= 4 is 17.7 Å². The van der Waals surface area contributed by atoms with Crippen molar-refractivity contribution in [3.8, 4) is 28.4 Å². The summed E-state index contributed by atoms with van der Waals surface area (Å²) < 4.78 is 18.2. The lowest BCUT2D eigenvalue weighted by Gasteiger charge is -2.39. The number of nitrogens with zero attached hydrogens (tertiary/aromatic N) is 3. The largest absolute Gasteiger partial charge is 0.494 e. The molecule has 2 atom stereocenters. The van der Waals surface area contributed by atoms with Crippen molar-refractivity contribution in [3.05, 3.63) is 95.8 Å². The van der Waals surface area contributed by atoms with Gasteiger partial charge in [0, 0.05) is 49.1 Å². The molecule has 4 bridgehead atoms. The van der Waals surface area contributed by atoms with E-state index in [-0.39, 0.29) is 43.5 Å². The SMILES string of the molecule is CCOc1cc2cc(c1)C(=O)N(C)CC(=O)N[C@H]1CN(C(=O)c3cccc(-c4cn[nH]c4)c3)CC[C@H]1OCc1cccc(c1)O2. The summed E-state index contributed by atoms with van der Waals surface area (Å²) in [5, 5.41) is 9.86. The molecule has 1 aromatic heterocycles. The van der Waals surface area contributed by atoms with Gasteiger partial charge in [-0.1, -0.05) is 24.3 Å². The second-order valence-electron chi connectivity index (χ2n) is 11.2. The maximum atomic E-state index is 13.7. The van der Waals surface area contributed by atoms with Gasteiger partial charge in [-0.25, -0.2) is 0 Å². The van der Waals surface area contributed by atoms with Crippen molar-refractivity contribution in [2.24, 2.45) is 0 Å².